The SMILES string of the molecule is CCN(C1CCNCC1)S(=O)(=O)c1cc(Br)sc1C. The van der Waals surface area contributed by atoms with Gasteiger partial charge in [-0.1, -0.05) is 6.92 Å². The lowest BCUT2D eigenvalue weighted by molar-refractivity contribution is 0.270. The van der Waals surface area contributed by atoms with Crippen LogP contribution in [0, 0.1) is 6.92 Å². The minimum Gasteiger partial charge on any atom is -0.317 e. The molecule has 1 fully saturated rings. The maximum absolute atomic E-state index is 12.8. The predicted molar refractivity (Wildman–Crippen MR) is 82.2 cm³/mol. The summed E-state index contributed by atoms with van der Waals surface area (Å²) in [6.07, 6.45) is 1.77. The highest BCUT2D eigenvalue weighted by Crippen LogP contribution is 2.32. The lowest BCUT2D eigenvalue weighted by Gasteiger charge is -2.32. The van der Waals surface area contributed by atoms with Gasteiger partial charge in [-0.15, -0.1) is 11.3 Å². The zero-order valence-corrected chi connectivity index (χ0v) is 14.4. The third kappa shape index (κ3) is 3.21. The summed E-state index contributed by atoms with van der Waals surface area (Å²) in [6.45, 7) is 6.08. The normalized spacial score (nSPS) is 18.1. The highest BCUT2D eigenvalue weighted by Gasteiger charge is 2.32. The fraction of sp³-hybridized carbons (Fsp3) is 0.667. The summed E-state index contributed by atoms with van der Waals surface area (Å²) >= 11 is 4.84. The van der Waals surface area contributed by atoms with Crippen LogP contribution in [0.4, 0.5) is 0 Å². The van der Waals surface area contributed by atoms with Gasteiger partial charge in [0.25, 0.3) is 0 Å². The second-order valence-electron chi connectivity index (χ2n) is 4.66. The van der Waals surface area contributed by atoms with Gasteiger partial charge in [-0.25, -0.2) is 8.42 Å². The molecule has 2 rings (SSSR count). The van der Waals surface area contributed by atoms with E-state index in [1.54, 1.807) is 10.4 Å². The average molecular weight is 367 g/mol. The van der Waals surface area contributed by atoms with Crippen molar-refractivity contribution < 1.29 is 8.42 Å². The first-order chi connectivity index (χ1) is 8.96. The molecule has 7 heteroatoms. The summed E-state index contributed by atoms with van der Waals surface area (Å²) in [6, 6.07) is 1.84. The Morgan fingerprint density at radius 1 is 1.47 bits per heavy atom. The van der Waals surface area contributed by atoms with Crippen molar-refractivity contribution in [1.82, 2.24) is 9.62 Å². The van der Waals surface area contributed by atoms with E-state index < -0.39 is 10.0 Å². The molecule has 108 valence electrons. The van der Waals surface area contributed by atoms with E-state index in [0.29, 0.717) is 11.4 Å². The van der Waals surface area contributed by atoms with Crippen LogP contribution >= 0.6 is 27.3 Å². The monoisotopic (exact) mass is 366 g/mol. The molecule has 0 aliphatic carbocycles. The number of aryl methyl sites for hydroxylation is 1. The number of halogens is 1. The average Bonchev–Trinajstić information content (AvgIpc) is 2.71. The third-order valence-corrected chi connectivity index (χ3v) is 7.29. The van der Waals surface area contributed by atoms with Crippen molar-refractivity contribution >= 4 is 37.3 Å². The standard InChI is InChI=1S/C12H19BrN2O2S2/c1-3-15(10-4-6-14-7-5-10)19(16,17)11-8-12(13)18-9(11)2/h8,10,14H,3-7H2,1-2H3. The Labute approximate surface area is 127 Å². The molecule has 2 heterocycles. The lowest BCUT2D eigenvalue weighted by atomic mass is 10.1. The number of sulfonamides is 1. The van der Waals surface area contributed by atoms with Gasteiger partial charge in [-0.05, 0) is 54.9 Å². The van der Waals surface area contributed by atoms with Gasteiger partial charge in [0, 0.05) is 17.5 Å². The molecule has 1 aliphatic heterocycles. The van der Waals surface area contributed by atoms with Crippen LogP contribution in [0.3, 0.4) is 0 Å². The first-order valence-electron chi connectivity index (χ1n) is 6.45. The van der Waals surface area contributed by atoms with E-state index in [9.17, 15) is 8.42 Å². The van der Waals surface area contributed by atoms with Crippen LogP contribution in [0.2, 0.25) is 0 Å². The van der Waals surface area contributed by atoms with Crippen molar-refractivity contribution in [3.8, 4) is 0 Å². The first-order valence-corrected chi connectivity index (χ1v) is 9.50. The Kier molecular flexibility index (Phi) is 5.05. The van der Waals surface area contributed by atoms with E-state index in [4.69, 9.17) is 0 Å². The van der Waals surface area contributed by atoms with Crippen molar-refractivity contribution in [2.75, 3.05) is 19.6 Å². The molecule has 19 heavy (non-hydrogen) atoms. The fourth-order valence-electron chi connectivity index (χ4n) is 2.53. The maximum Gasteiger partial charge on any atom is 0.244 e. The summed E-state index contributed by atoms with van der Waals surface area (Å²) in [5.41, 5.74) is 0. The van der Waals surface area contributed by atoms with Crippen LogP contribution in [0.15, 0.2) is 14.7 Å². The summed E-state index contributed by atoms with van der Waals surface area (Å²) in [4.78, 5) is 1.30. The van der Waals surface area contributed by atoms with Gasteiger partial charge in [-0.3, -0.25) is 0 Å². The summed E-state index contributed by atoms with van der Waals surface area (Å²) in [5.74, 6) is 0. The second kappa shape index (κ2) is 6.22. The van der Waals surface area contributed by atoms with E-state index in [1.165, 1.54) is 11.3 Å². The number of nitrogens with one attached hydrogen (secondary N) is 1. The van der Waals surface area contributed by atoms with Crippen LogP contribution in [0.25, 0.3) is 0 Å². The van der Waals surface area contributed by atoms with Crippen LogP contribution in [0.5, 0.6) is 0 Å². The molecular weight excluding hydrogens is 348 g/mol. The molecule has 1 N–H and O–H groups in total. The van der Waals surface area contributed by atoms with E-state index in [0.717, 1.165) is 34.6 Å². The Hall–Kier alpha value is 0.0500. The number of thiophene rings is 1. The van der Waals surface area contributed by atoms with Gasteiger partial charge in [0.15, 0.2) is 0 Å². The molecule has 0 spiro atoms. The molecule has 0 amide bonds. The molecule has 0 radical (unpaired) electrons. The van der Waals surface area contributed by atoms with Crippen LogP contribution in [0.1, 0.15) is 24.6 Å². The van der Waals surface area contributed by atoms with Crippen molar-refractivity contribution in [2.24, 2.45) is 0 Å². The van der Waals surface area contributed by atoms with E-state index in [2.05, 4.69) is 21.2 Å². The molecule has 0 aromatic carbocycles. The van der Waals surface area contributed by atoms with Crippen LogP contribution in [-0.4, -0.2) is 38.4 Å². The molecule has 1 saturated heterocycles. The minimum atomic E-state index is -3.37. The molecule has 4 nitrogen and oxygen atoms in total. The molecule has 0 bridgehead atoms. The van der Waals surface area contributed by atoms with E-state index in [1.807, 2.05) is 13.8 Å². The number of piperidine rings is 1. The largest absolute Gasteiger partial charge is 0.317 e. The molecular formula is C12H19BrN2O2S2. The van der Waals surface area contributed by atoms with Crippen LogP contribution < -0.4 is 5.32 Å². The summed E-state index contributed by atoms with van der Waals surface area (Å²) in [7, 11) is -3.37. The molecule has 0 saturated carbocycles. The maximum atomic E-state index is 12.8. The number of hydrogen-bond donors (Lipinski definition) is 1. The molecule has 0 unspecified atom stereocenters. The molecule has 1 aromatic heterocycles. The predicted octanol–water partition coefficient (Wildman–Crippen LogP) is 2.58. The third-order valence-electron chi connectivity index (χ3n) is 3.46. The lowest BCUT2D eigenvalue weighted by Crippen LogP contribution is -2.45. The molecule has 0 atom stereocenters. The highest BCUT2D eigenvalue weighted by molar-refractivity contribution is 9.11. The van der Waals surface area contributed by atoms with Gasteiger partial charge >= 0.3 is 0 Å². The quantitative estimate of drug-likeness (QED) is 0.890. The number of hydrogen-bond acceptors (Lipinski definition) is 4. The van der Waals surface area contributed by atoms with Crippen molar-refractivity contribution in [1.29, 1.82) is 0 Å². The summed E-state index contributed by atoms with van der Waals surface area (Å²) in [5, 5.41) is 3.27. The molecule has 1 aromatic rings. The fourth-order valence-corrected chi connectivity index (χ4v) is 6.61. The Balaban J connectivity index is 2.32. The first kappa shape index (κ1) is 15.4. The number of rotatable bonds is 4. The van der Waals surface area contributed by atoms with Crippen LogP contribution in [-0.2, 0) is 10.0 Å². The van der Waals surface area contributed by atoms with Crippen molar-refractivity contribution in [2.45, 2.75) is 37.6 Å². The zero-order valence-electron chi connectivity index (χ0n) is 11.1. The van der Waals surface area contributed by atoms with E-state index >= 15 is 0 Å². The van der Waals surface area contributed by atoms with Gasteiger partial charge in [-0.2, -0.15) is 4.31 Å². The Morgan fingerprint density at radius 2 is 2.11 bits per heavy atom. The topological polar surface area (TPSA) is 49.4 Å². The van der Waals surface area contributed by atoms with Gasteiger partial charge in [0.2, 0.25) is 10.0 Å². The van der Waals surface area contributed by atoms with Gasteiger partial charge in [0.1, 0.15) is 0 Å². The van der Waals surface area contributed by atoms with Gasteiger partial charge in [0.05, 0.1) is 8.68 Å². The van der Waals surface area contributed by atoms with Crippen molar-refractivity contribution in [3.05, 3.63) is 14.7 Å². The summed E-state index contributed by atoms with van der Waals surface area (Å²) < 4.78 is 28.1. The van der Waals surface area contributed by atoms with Gasteiger partial charge < -0.3 is 5.32 Å². The molecule has 1 aliphatic rings. The van der Waals surface area contributed by atoms with E-state index in [-0.39, 0.29) is 6.04 Å². The number of nitrogens with zero attached hydrogens (tertiary/aromatic N) is 1. The highest BCUT2D eigenvalue weighted by atomic mass is 79.9. The minimum absolute atomic E-state index is 0.120. The second-order valence-corrected chi connectivity index (χ2v) is 9.16. The van der Waals surface area contributed by atoms with Crippen molar-refractivity contribution in [3.63, 3.8) is 0 Å². The smallest absolute Gasteiger partial charge is 0.244 e. The zero-order chi connectivity index (χ0) is 14.0. The Bertz CT molecular complexity index is 536. The Morgan fingerprint density at radius 3 is 2.58 bits per heavy atom.